The molecule has 0 saturated heterocycles. The zero-order valence-electron chi connectivity index (χ0n) is 26.9. The fourth-order valence-corrected chi connectivity index (χ4v) is 4.78. The van der Waals surface area contributed by atoms with E-state index in [2.05, 4.69) is 57.2 Å². The maximum Gasteiger partial charge on any atom is 0.0780 e. The van der Waals surface area contributed by atoms with Gasteiger partial charge < -0.3 is 9.47 Å². The SMILES string of the molecule is CCC/C=C\C/C=C\CCCCCCCCOCC(C)OCCCCCCCC/C=C\CCCCCCCC. The molecule has 39 heavy (non-hydrogen) atoms. The van der Waals surface area contributed by atoms with Crippen LogP contribution in [0.25, 0.3) is 0 Å². The van der Waals surface area contributed by atoms with E-state index in [9.17, 15) is 0 Å². The van der Waals surface area contributed by atoms with Gasteiger partial charge in [-0.1, -0.05) is 140 Å². The van der Waals surface area contributed by atoms with E-state index in [4.69, 9.17) is 9.47 Å². The highest BCUT2D eigenvalue weighted by Crippen LogP contribution is 2.11. The first-order valence-electron chi connectivity index (χ1n) is 17.5. The molecule has 0 aromatic carbocycles. The summed E-state index contributed by atoms with van der Waals surface area (Å²) in [5.74, 6) is 0. The van der Waals surface area contributed by atoms with Crippen LogP contribution in [0.2, 0.25) is 0 Å². The monoisotopic (exact) mass is 547 g/mol. The Kier molecular flexibility index (Phi) is 34.4. The number of unbranched alkanes of at least 4 members (excludes halogenated alkanes) is 19. The standard InChI is InChI=1S/C37H70O2/c1-4-6-8-10-12-14-16-18-20-21-23-25-27-29-31-33-35-39-37(3)36-38-34-32-30-28-26-24-22-19-17-15-13-11-9-7-5-2/h9,11,15,17-18,20,37H,4-8,10,12-14,16,19,21-36H2,1-3H3/b11-9-,17-15-,20-18-. The molecule has 0 aromatic heterocycles. The molecule has 230 valence electrons. The Hall–Kier alpha value is -0.860. The smallest absolute Gasteiger partial charge is 0.0780 e. The highest BCUT2D eigenvalue weighted by Gasteiger charge is 2.02. The number of hydrogen-bond donors (Lipinski definition) is 0. The maximum atomic E-state index is 5.94. The molecular weight excluding hydrogens is 476 g/mol. The lowest BCUT2D eigenvalue weighted by molar-refractivity contribution is -0.00869. The molecule has 0 spiro atoms. The molecule has 2 heteroatoms. The summed E-state index contributed by atoms with van der Waals surface area (Å²) < 4.78 is 11.8. The number of ether oxygens (including phenoxy) is 2. The van der Waals surface area contributed by atoms with E-state index in [1.54, 1.807) is 0 Å². The van der Waals surface area contributed by atoms with Gasteiger partial charge in [0.1, 0.15) is 0 Å². The molecule has 0 aliphatic heterocycles. The Morgan fingerprint density at radius 3 is 1.41 bits per heavy atom. The van der Waals surface area contributed by atoms with Gasteiger partial charge in [-0.2, -0.15) is 0 Å². The van der Waals surface area contributed by atoms with Crippen LogP contribution in [-0.4, -0.2) is 25.9 Å². The molecule has 0 bridgehead atoms. The lowest BCUT2D eigenvalue weighted by Gasteiger charge is -2.13. The molecule has 0 amide bonds. The first-order valence-corrected chi connectivity index (χ1v) is 17.5. The van der Waals surface area contributed by atoms with Gasteiger partial charge in [-0.15, -0.1) is 0 Å². The van der Waals surface area contributed by atoms with E-state index in [0.29, 0.717) is 0 Å². The normalized spacial score (nSPS) is 13.0. The summed E-state index contributed by atoms with van der Waals surface area (Å²) in [7, 11) is 0. The molecule has 1 atom stereocenters. The minimum absolute atomic E-state index is 0.225. The topological polar surface area (TPSA) is 18.5 Å². The fourth-order valence-electron chi connectivity index (χ4n) is 4.78. The molecule has 1 unspecified atom stereocenters. The summed E-state index contributed by atoms with van der Waals surface area (Å²) in [6.45, 7) is 9.18. The largest absolute Gasteiger partial charge is 0.379 e. The summed E-state index contributed by atoms with van der Waals surface area (Å²) in [4.78, 5) is 0. The maximum absolute atomic E-state index is 5.94. The van der Waals surface area contributed by atoms with Gasteiger partial charge in [0.05, 0.1) is 12.7 Å². The second kappa shape index (κ2) is 35.2. The van der Waals surface area contributed by atoms with E-state index >= 15 is 0 Å². The van der Waals surface area contributed by atoms with Crippen LogP contribution in [0.1, 0.15) is 175 Å². The van der Waals surface area contributed by atoms with Crippen LogP contribution >= 0.6 is 0 Å². The van der Waals surface area contributed by atoms with Crippen molar-refractivity contribution in [1.82, 2.24) is 0 Å². The third-order valence-electron chi connectivity index (χ3n) is 7.38. The first-order chi connectivity index (χ1) is 19.3. The van der Waals surface area contributed by atoms with Crippen molar-refractivity contribution in [3.8, 4) is 0 Å². The van der Waals surface area contributed by atoms with Crippen LogP contribution in [0.4, 0.5) is 0 Å². The molecule has 0 rings (SSSR count). The van der Waals surface area contributed by atoms with Crippen LogP contribution < -0.4 is 0 Å². The van der Waals surface area contributed by atoms with Gasteiger partial charge >= 0.3 is 0 Å². The molecule has 0 aromatic rings. The zero-order valence-corrected chi connectivity index (χ0v) is 26.9. The molecule has 0 saturated carbocycles. The van der Waals surface area contributed by atoms with E-state index in [-0.39, 0.29) is 6.10 Å². The van der Waals surface area contributed by atoms with Gasteiger partial charge in [0, 0.05) is 13.2 Å². The minimum Gasteiger partial charge on any atom is -0.379 e. The first kappa shape index (κ1) is 38.1. The van der Waals surface area contributed by atoms with Crippen LogP contribution in [0, 0.1) is 0 Å². The van der Waals surface area contributed by atoms with Crippen molar-refractivity contribution < 1.29 is 9.47 Å². The van der Waals surface area contributed by atoms with Crippen molar-refractivity contribution >= 4 is 0 Å². The Morgan fingerprint density at radius 2 is 0.872 bits per heavy atom. The van der Waals surface area contributed by atoms with Gasteiger partial charge in [-0.3, -0.25) is 0 Å². The van der Waals surface area contributed by atoms with E-state index in [1.165, 1.54) is 148 Å². The Bertz CT molecular complexity index is 522. The summed E-state index contributed by atoms with van der Waals surface area (Å²) in [6.07, 6.45) is 45.9. The molecule has 2 nitrogen and oxygen atoms in total. The molecule has 0 aliphatic rings. The lowest BCUT2D eigenvalue weighted by atomic mass is 10.1. The average molecular weight is 547 g/mol. The predicted octanol–water partition coefficient (Wildman–Crippen LogP) is 12.5. The molecular formula is C37H70O2. The molecule has 0 N–H and O–H groups in total. The van der Waals surface area contributed by atoms with Crippen molar-refractivity contribution in [3.63, 3.8) is 0 Å². The number of rotatable bonds is 32. The van der Waals surface area contributed by atoms with Crippen LogP contribution in [-0.2, 0) is 9.47 Å². The fraction of sp³-hybridized carbons (Fsp3) is 0.838. The third kappa shape index (κ3) is 35.1. The third-order valence-corrected chi connectivity index (χ3v) is 7.38. The van der Waals surface area contributed by atoms with Gasteiger partial charge in [0.25, 0.3) is 0 Å². The van der Waals surface area contributed by atoms with E-state index < -0.39 is 0 Å². The van der Waals surface area contributed by atoms with Crippen LogP contribution in [0.3, 0.4) is 0 Å². The van der Waals surface area contributed by atoms with Crippen molar-refractivity contribution in [1.29, 1.82) is 0 Å². The number of hydrogen-bond acceptors (Lipinski definition) is 2. The second-order valence-electron chi connectivity index (χ2n) is 11.6. The van der Waals surface area contributed by atoms with Gasteiger partial charge in [0.2, 0.25) is 0 Å². The lowest BCUT2D eigenvalue weighted by Crippen LogP contribution is -2.17. The van der Waals surface area contributed by atoms with Crippen molar-refractivity contribution in [3.05, 3.63) is 36.5 Å². The van der Waals surface area contributed by atoms with Crippen molar-refractivity contribution in [2.45, 2.75) is 181 Å². The summed E-state index contributed by atoms with van der Waals surface area (Å²) >= 11 is 0. The molecule has 0 heterocycles. The Balaban J connectivity index is 3.23. The Labute approximate surface area is 246 Å². The van der Waals surface area contributed by atoms with E-state index in [1.807, 2.05) is 0 Å². The van der Waals surface area contributed by atoms with Crippen LogP contribution in [0.15, 0.2) is 36.5 Å². The summed E-state index contributed by atoms with van der Waals surface area (Å²) in [6, 6.07) is 0. The summed E-state index contributed by atoms with van der Waals surface area (Å²) in [5.41, 5.74) is 0. The zero-order chi connectivity index (χ0) is 28.3. The molecule has 0 aliphatic carbocycles. The van der Waals surface area contributed by atoms with E-state index in [0.717, 1.165) is 26.2 Å². The van der Waals surface area contributed by atoms with Gasteiger partial charge in [-0.05, 0) is 71.1 Å². The number of allylic oxidation sites excluding steroid dienone is 6. The Morgan fingerprint density at radius 1 is 0.436 bits per heavy atom. The predicted molar refractivity (Wildman–Crippen MR) is 176 cm³/mol. The van der Waals surface area contributed by atoms with Gasteiger partial charge in [0.15, 0.2) is 0 Å². The minimum atomic E-state index is 0.225. The second-order valence-corrected chi connectivity index (χ2v) is 11.6. The quantitative estimate of drug-likeness (QED) is 0.0617. The van der Waals surface area contributed by atoms with Crippen molar-refractivity contribution in [2.24, 2.45) is 0 Å². The van der Waals surface area contributed by atoms with Crippen molar-refractivity contribution in [2.75, 3.05) is 19.8 Å². The summed E-state index contributed by atoms with van der Waals surface area (Å²) in [5, 5.41) is 0. The molecule has 0 radical (unpaired) electrons. The molecule has 0 fully saturated rings. The highest BCUT2D eigenvalue weighted by atomic mass is 16.5. The van der Waals surface area contributed by atoms with Crippen LogP contribution in [0.5, 0.6) is 0 Å². The average Bonchev–Trinajstić information content (AvgIpc) is 2.94. The van der Waals surface area contributed by atoms with Gasteiger partial charge in [-0.25, -0.2) is 0 Å². The highest BCUT2D eigenvalue weighted by molar-refractivity contribution is 4.92.